The molecule has 2 aromatic heterocycles. The van der Waals surface area contributed by atoms with E-state index in [4.69, 9.17) is 4.42 Å². The number of nitrogens with zero attached hydrogens (tertiary/aromatic N) is 1. The summed E-state index contributed by atoms with van der Waals surface area (Å²) in [5.74, 6) is 6.31. The molecule has 3 aromatic rings. The van der Waals surface area contributed by atoms with Crippen LogP contribution in [0.4, 0.5) is 0 Å². The molecule has 2 heterocycles. The normalized spacial score (nSPS) is 13.1. The number of pyridine rings is 1. The van der Waals surface area contributed by atoms with Crippen molar-refractivity contribution in [3.8, 4) is 11.8 Å². The standard InChI is InChI=1S/C23H18NO2/c1-24-13-7-6-10-21(24)12-11-19-15-20-14-17-8-4-2-3-5-9-18(17)16-22(20)26-23(19)25/h4,6-8,10-16H,2-3H2,1H3/q+1. The summed E-state index contributed by atoms with van der Waals surface area (Å²) in [6, 6.07) is 11.7. The average Bonchev–Trinajstić information content (AvgIpc) is 2.61. The van der Waals surface area contributed by atoms with E-state index in [0.717, 1.165) is 35.0 Å². The second-order valence-corrected chi connectivity index (χ2v) is 6.28. The van der Waals surface area contributed by atoms with Crippen molar-refractivity contribution in [3.63, 3.8) is 0 Å². The molecule has 4 rings (SSSR count). The summed E-state index contributed by atoms with van der Waals surface area (Å²) in [5.41, 5.74) is 3.71. The van der Waals surface area contributed by atoms with E-state index < -0.39 is 0 Å². The number of hydrogen-bond acceptors (Lipinski definition) is 2. The van der Waals surface area contributed by atoms with Gasteiger partial charge in [-0.2, -0.15) is 0 Å². The molecule has 0 unspecified atom stereocenters. The molecule has 0 saturated carbocycles. The summed E-state index contributed by atoms with van der Waals surface area (Å²) in [4.78, 5) is 12.4. The lowest BCUT2D eigenvalue weighted by molar-refractivity contribution is -0.673. The molecule has 0 spiro atoms. The van der Waals surface area contributed by atoms with E-state index in [1.54, 1.807) is 6.08 Å². The Morgan fingerprint density at radius 2 is 2.12 bits per heavy atom. The van der Waals surface area contributed by atoms with Crippen LogP contribution in [0.15, 0.2) is 57.9 Å². The minimum atomic E-state index is -0.346. The lowest BCUT2D eigenvalue weighted by Gasteiger charge is -2.05. The van der Waals surface area contributed by atoms with Crippen LogP contribution in [0.1, 0.15) is 35.2 Å². The zero-order valence-corrected chi connectivity index (χ0v) is 14.5. The summed E-state index contributed by atoms with van der Waals surface area (Å²) < 4.78 is 7.54. The van der Waals surface area contributed by atoms with E-state index in [9.17, 15) is 4.79 Å². The lowest BCUT2D eigenvalue weighted by atomic mass is 10.0. The molecule has 0 saturated heterocycles. The maximum absolute atomic E-state index is 12.4. The largest absolute Gasteiger partial charge is 0.422 e. The van der Waals surface area contributed by atoms with Crippen molar-refractivity contribution in [2.75, 3.05) is 0 Å². The Morgan fingerprint density at radius 3 is 3.00 bits per heavy atom. The van der Waals surface area contributed by atoms with Crippen LogP contribution >= 0.6 is 0 Å². The van der Waals surface area contributed by atoms with Gasteiger partial charge >= 0.3 is 5.63 Å². The molecule has 1 aliphatic carbocycles. The van der Waals surface area contributed by atoms with Gasteiger partial charge in [0.2, 0.25) is 5.69 Å². The zero-order chi connectivity index (χ0) is 17.9. The van der Waals surface area contributed by atoms with Crippen LogP contribution in [-0.4, -0.2) is 0 Å². The summed E-state index contributed by atoms with van der Waals surface area (Å²) in [5, 5.41) is 0.896. The molecular formula is C23H18NO2+. The molecule has 26 heavy (non-hydrogen) atoms. The molecule has 1 aromatic carbocycles. The fraction of sp³-hybridized carbons (Fsp3) is 0.130. The van der Waals surface area contributed by atoms with Gasteiger partial charge in [0.15, 0.2) is 6.20 Å². The fourth-order valence-corrected chi connectivity index (χ4v) is 2.97. The third-order valence-corrected chi connectivity index (χ3v) is 4.42. The Morgan fingerprint density at radius 1 is 1.19 bits per heavy atom. The molecular weight excluding hydrogens is 322 g/mol. The first kappa shape index (κ1) is 16.1. The summed E-state index contributed by atoms with van der Waals surface area (Å²) >= 11 is 0. The minimum Gasteiger partial charge on any atom is -0.422 e. The van der Waals surface area contributed by atoms with Crippen LogP contribution < -0.4 is 10.2 Å². The van der Waals surface area contributed by atoms with Crippen molar-refractivity contribution < 1.29 is 8.98 Å². The molecule has 0 radical (unpaired) electrons. The molecule has 0 bridgehead atoms. The molecule has 1 aliphatic rings. The van der Waals surface area contributed by atoms with Crippen LogP contribution in [0.25, 0.3) is 29.2 Å². The number of aromatic nitrogens is 1. The number of aryl methyl sites for hydroxylation is 1. The Kier molecular flexibility index (Phi) is 4.25. The minimum absolute atomic E-state index is 0.346. The average molecular weight is 340 g/mol. The number of fused-ring (bicyclic) bond motifs is 2. The van der Waals surface area contributed by atoms with Gasteiger partial charge in [-0.15, -0.1) is 0 Å². The number of hydrogen-bond donors (Lipinski definition) is 0. The third kappa shape index (κ3) is 3.22. The van der Waals surface area contributed by atoms with Crippen molar-refractivity contribution in [1.82, 2.24) is 0 Å². The Balaban J connectivity index is 1.80. The zero-order valence-electron chi connectivity index (χ0n) is 14.5. The molecule has 0 N–H and O–H groups in total. The molecule has 0 amide bonds. The summed E-state index contributed by atoms with van der Waals surface area (Å²) in [6.45, 7) is 0. The second kappa shape index (κ2) is 6.85. The van der Waals surface area contributed by atoms with Crippen LogP contribution in [0.2, 0.25) is 0 Å². The highest BCUT2D eigenvalue weighted by Crippen LogP contribution is 2.22. The number of allylic oxidation sites excluding steroid dienone is 1. The first-order chi connectivity index (χ1) is 12.7. The smallest absolute Gasteiger partial charge is 0.343 e. The molecule has 0 fully saturated rings. The quantitative estimate of drug-likeness (QED) is 0.402. The van der Waals surface area contributed by atoms with Gasteiger partial charge in [-0.1, -0.05) is 24.0 Å². The Bertz CT molecular complexity index is 1170. The van der Waals surface area contributed by atoms with Gasteiger partial charge in [-0.05, 0) is 42.3 Å². The molecule has 0 aliphatic heterocycles. The Hall–Kier alpha value is -3.38. The van der Waals surface area contributed by atoms with Gasteiger partial charge < -0.3 is 4.42 Å². The highest BCUT2D eigenvalue weighted by Gasteiger charge is 2.08. The third-order valence-electron chi connectivity index (χ3n) is 4.42. The topological polar surface area (TPSA) is 34.1 Å². The first-order valence-corrected chi connectivity index (χ1v) is 8.61. The second-order valence-electron chi connectivity index (χ2n) is 6.28. The van der Waals surface area contributed by atoms with Gasteiger partial charge in [0.05, 0.1) is 5.56 Å². The monoisotopic (exact) mass is 340 g/mol. The van der Waals surface area contributed by atoms with Crippen molar-refractivity contribution in [3.05, 3.63) is 81.5 Å². The van der Waals surface area contributed by atoms with Gasteiger partial charge in [-0.25, -0.2) is 9.36 Å². The van der Waals surface area contributed by atoms with Crippen molar-refractivity contribution in [2.45, 2.75) is 12.8 Å². The van der Waals surface area contributed by atoms with E-state index in [0.29, 0.717) is 11.1 Å². The van der Waals surface area contributed by atoms with Crippen molar-refractivity contribution in [1.29, 1.82) is 0 Å². The molecule has 3 heteroatoms. The van der Waals surface area contributed by atoms with E-state index in [1.165, 1.54) is 0 Å². The van der Waals surface area contributed by atoms with Gasteiger partial charge in [0, 0.05) is 35.6 Å². The highest BCUT2D eigenvalue weighted by atomic mass is 16.4. The van der Waals surface area contributed by atoms with Crippen LogP contribution in [0.3, 0.4) is 0 Å². The van der Waals surface area contributed by atoms with Gasteiger partial charge in [0.1, 0.15) is 12.6 Å². The van der Waals surface area contributed by atoms with Crippen LogP contribution in [-0.2, 0) is 7.05 Å². The Labute approximate surface area is 151 Å². The van der Waals surface area contributed by atoms with Gasteiger partial charge in [0.25, 0.3) is 0 Å². The van der Waals surface area contributed by atoms with E-state index >= 15 is 0 Å². The first-order valence-electron chi connectivity index (χ1n) is 8.61. The predicted octanol–water partition coefficient (Wildman–Crippen LogP) is 3.95. The maximum Gasteiger partial charge on any atom is 0.343 e. The van der Waals surface area contributed by atoms with Gasteiger partial charge in [-0.3, -0.25) is 0 Å². The van der Waals surface area contributed by atoms with E-state index in [-0.39, 0.29) is 5.63 Å². The summed E-state index contributed by atoms with van der Waals surface area (Å²) in [7, 11) is 1.97. The highest BCUT2D eigenvalue weighted by molar-refractivity contribution is 5.85. The van der Waals surface area contributed by atoms with Crippen molar-refractivity contribution >= 4 is 29.2 Å². The van der Waals surface area contributed by atoms with Crippen LogP contribution in [0, 0.1) is 11.8 Å². The lowest BCUT2D eigenvalue weighted by Crippen LogP contribution is -2.30. The predicted molar refractivity (Wildman–Crippen MR) is 104 cm³/mol. The van der Waals surface area contributed by atoms with Crippen molar-refractivity contribution in [2.24, 2.45) is 7.05 Å². The molecule has 126 valence electrons. The fourth-order valence-electron chi connectivity index (χ4n) is 2.97. The summed E-state index contributed by atoms with van der Waals surface area (Å²) in [6.07, 6.45) is 11.7. The molecule has 3 nitrogen and oxygen atoms in total. The van der Waals surface area contributed by atoms with Crippen LogP contribution in [0.5, 0.6) is 0 Å². The SMILES string of the molecule is C[n+]1ccccc1C=Cc1cc2cc3c(cc2oc1=O)C#CCCC=C3. The van der Waals surface area contributed by atoms with E-state index in [1.807, 2.05) is 60.3 Å². The number of rotatable bonds is 2. The maximum atomic E-state index is 12.4. The van der Waals surface area contributed by atoms with E-state index in [2.05, 4.69) is 24.0 Å². The number of benzene rings is 1. The molecule has 0 atom stereocenters.